The Morgan fingerprint density at radius 2 is 2.00 bits per heavy atom. The Morgan fingerprint density at radius 1 is 1.25 bits per heavy atom. The Labute approximate surface area is 121 Å². The summed E-state index contributed by atoms with van der Waals surface area (Å²) < 4.78 is 13.2. The smallest absolute Gasteiger partial charge is 0.248 e. The number of hydrogen-bond donors (Lipinski definition) is 2. The molecule has 0 bridgehead atoms. The monoisotopic (exact) mass is 290 g/mol. The second-order valence-corrected chi connectivity index (χ2v) is 5.56. The zero-order chi connectivity index (χ0) is 14.7. The van der Waals surface area contributed by atoms with Crippen molar-refractivity contribution in [2.24, 2.45) is 5.73 Å². The number of benzene rings is 2. The fraction of sp³-hybridized carbons (Fsp3) is 0.133. The maximum absolute atomic E-state index is 13.2. The molecule has 2 rings (SSSR count). The number of nitrogen functional groups attached to an aromatic ring is 1. The second kappa shape index (κ2) is 5.96. The Morgan fingerprint density at radius 3 is 2.60 bits per heavy atom. The molecule has 0 fully saturated rings. The van der Waals surface area contributed by atoms with Crippen molar-refractivity contribution in [1.29, 1.82) is 0 Å². The van der Waals surface area contributed by atoms with Gasteiger partial charge in [0.2, 0.25) is 5.91 Å². The highest BCUT2D eigenvalue weighted by Crippen LogP contribution is 2.27. The topological polar surface area (TPSA) is 69.1 Å². The van der Waals surface area contributed by atoms with E-state index in [1.807, 2.05) is 13.0 Å². The molecule has 0 radical (unpaired) electrons. The van der Waals surface area contributed by atoms with Crippen LogP contribution in [0.25, 0.3) is 0 Å². The van der Waals surface area contributed by atoms with Crippen molar-refractivity contribution in [2.45, 2.75) is 17.6 Å². The molecule has 2 aromatic carbocycles. The number of carbonyl (C=O) groups excluding carboxylic acids is 1. The summed E-state index contributed by atoms with van der Waals surface area (Å²) in [5, 5.41) is 0. The lowest BCUT2D eigenvalue weighted by Crippen LogP contribution is -2.11. The average Bonchev–Trinajstić information content (AvgIpc) is 2.36. The first kappa shape index (κ1) is 14.4. The zero-order valence-electron chi connectivity index (χ0n) is 11.0. The number of amides is 1. The Kier molecular flexibility index (Phi) is 4.29. The largest absolute Gasteiger partial charge is 0.399 e. The minimum absolute atomic E-state index is 0.340. The molecule has 0 aliphatic carbocycles. The SMILES string of the molecule is Cc1cc(C(N)=O)ccc1CSc1cc(N)cc(F)c1. The van der Waals surface area contributed by atoms with E-state index < -0.39 is 5.91 Å². The lowest BCUT2D eigenvalue weighted by Gasteiger charge is -2.08. The molecular weight excluding hydrogens is 275 g/mol. The molecule has 0 aliphatic rings. The highest BCUT2D eigenvalue weighted by atomic mass is 32.2. The summed E-state index contributed by atoms with van der Waals surface area (Å²) in [5.74, 6) is -0.105. The Bertz CT molecular complexity index is 638. The third-order valence-electron chi connectivity index (χ3n) is 2.92. The van der Waals surface area contributed by atoms with Crippen LogP contribution < -0.4 is 11.5 Å². The van der Waals surface area contributed by atoms with Gasteiger partial charge in [0, 0.05) is 21.9 Å². The van der Waals surface area contributed by atoms with E-state index in [1.54, 1.807) is 18.2 Å². The predicted octanol–water partition coefficient (Wildman–Crippen LogP) is 3.11. The van der Waals surface area contributed by atoms with Gasteiger partial charge >= 0.3 is 0 Å². The summed E-state index contributed by atoms with van der Waals surface area (Å²) in [6, 6.07) is 9.81. The van der Waals surface area contributed by atoms with Crippen LogP contribution in [0.2, 0.25) is 0 Å². The van der Waals surface area contributed by atoms with Crippen LogP contribution in [0.3, 0.4) is 0 Å². The van der Waals surface area contributed by atoms with Crippen LogP contribution >= 0.6 is 11.8 Å². The fourth-order valence-electron chi connectivity index (χ4n) is 1.84. The maximum Gasteiger partial charge on any atom is 0.248 e. The van der Waals surface area contributed by atoms with Gasteiger partial charge in [-0.3, -0.25) is 4.79 Å². The third-order valence-corrected chi connectivity index (χ3v) is 3.94. The molecule has 20 heavy (non-hydrogen) atoms. The predicted molar refractivity (Wildman–Crippen MR) is 80.1 cm³/mol. The molecule has 0 saturated carbocycles. The molecule has 1 amide bonds. The molecule has 0 aliphatic heterocycles. The van der Waals surface area contributed by atoms with Gasteiger partial charge in [-0.25, -0.2) is 4.39 Å². The molecule has 0 spiro atoms. The number of primary amides is 1. The number of anilines is 1. The quantitative estimate of drug-likeness (QED) is 0.671. The molecule has 5 heteroatoms. The summed E-state index contributed by atoms with van der Waals surface area (Å²) in [6.45, 7) is 1.92. The number of thioether (sulfide) groups is 1. The molecule has 4 N–H and O–H groups in total. The number of aryl methyl sites for hydroxylation is 1. The number of carbonyl (C=O) groups is 1. The van der Waals surface area contributed by atoms with E-state index in [1.165, 1.54) is 23.9 Å². The molecular formula is C15H15FN2OS. The van der Waals surface area contributed by atoms with E-state index in [0.717, 1.165) is 16.0 Å². The molecule has 0 saturated heterocycles. The first-order valence-electron chi connectivity index (χ1n) is 6.04. The zero-order valence-corrected chi connectivity index (χ0v) is 11.8. The third kappa shape index (κ3) is 3.51. The van der Waals surface area contributed by atoms with Crippen LogP contribution in [0.15, 0.2) is 41.3 Å². The van der Waals surface area contributed by atoms with Crippen molar-refractivity contribution in [3.8, 4) is 0 Å². The molecule has 0 unspecified atom stereocenters. The van der Waals surface area contributed by atoms with Crippen molar-refractivity contribution in [3.63, 3.8) is 0 Å². The van der Waals surface area contributed by atoms with Crippen molar-refractivity contribution in [2.75, 3.05) is 5.73 Å². The van der Waals surface area contributed by atoms with E-state index in [2.05, 4.69) is 0 Å². The summed E-state index contributed by atoms with van der Waals surface area (Å²) in [7, 11) is 0. The lowest BCUT2D eigenvalue weighted by atomic mass is 10.1. The Hall–Kier alpha value is -2.01. The van der Waals surface area contributed by atoms with E-state index in [0.29, 0.717) is 17.0 Å². The first-order valence-corrected chi connectivity index (χ1v) is 7.02. The van der Waals surface area contributed by atoms with Gasteiger partial charge in [-0.1, -0.05) is 6.07 Å². The number of nitrogens with two attached hydrogens (primary N) is 2. The van der Waals surface area contributed by atoms with Gasteiger partial charge in [0.25, 0.3) is 0 Å². The summed E-state index contributed by atoms with van der Waals surface area (Å²) in [5.41, 5.74) is 13.8. The molecule has 0 aromatic heterocycles. The number of rotatable bonds is 4. The van der Waals surface area contributed by atoms with E-state index in [4.69, 9.17) is 11.5 Å². The van der Waals surface area contributed by atoms with Crippen LogP contribution in [-0.4, -0.2) is 5.91 Å². The van der Waals surface area contributed by atoms with Crippen molar-refractivity contribution in [1.82, 2.24) is 0 Å². The van der Waals surface area contributed by atoms with Crippen LogP contribution in [0.5, 0.6) is 0 Å². The van der Waals surface area contributed by atoms with Gasteiger partial charge in [-0.05, 0) is 48.4 Å². The van der Waals surface area contributed by atoms with Gasteiger partial charge in [-0.2, -0.15) is 0 Å². The number of hydrogen-bond acceptors (Lipinski definition) is 3. The first-order chi connectivity index (χ1) is 9.45. The van der Waals surface area contributed by atoms with Gasteiger partial charge < -0.3 is 11.5 Å². The average molecular weight is 290 g/mol. The summed E-state index contributed by atoms with van der Waals surface area (Å²) >= 11 is 1.49. The standard InChI is InChI=1S/C15H15FN2OS/c1-9-4-10(15(18)19)2-3-11(9)8-20-14-6-12(16)5-13(17)7-14/h2-7H,8,17H2,1H3,(H2,18,19). The minimum Gasteiger partial charge on any atom is -0.399 e. The van der Waals surface area contributed by atoms with Crippen LogP contribution in [0, 0.1) is 12.7 Å². The summed E-state index contributed by atoms with van der Waals surface area (Å²) in [6.07, 6.45) is 0. The highest BCUT2D eigenvalue weighted by molar-refractivity contribution is 7.98. The second-order valence-electron chi connectivity index (χ2n) is 4.51. The van der Waals surface area contributed by atoms with E-state index in [-0.39, 0.29) is 5.82 Å². The van der Waals surface area contributed by atoms with Crippen LogP contribution in [0.4, 0.5) is 10.1 Å². The van der Waals surface area contributed by atoms with E-state index in [9.17, 15) is 9.18 Å². The molecule has 0 atom stereocenters. The maximum atomic E-state index is 13.2. The lowest BCUT2D eigenvalue weighted by molar-refractivity contribution is 0.1000. The molecule has 3 nitrogen and oxygen atoms in total. The van der Waals surface area contributed by atoms with Crippen molar-refractivity contribution in [3.05, 3.63) is 58.9 Å². The Balaban J connectivity index is 2.12. The molecule has 2 aromatic rings. The van der Waals surface area contributed by atoms with Crippen molar-refractivity contribution >= 4 is 23.4 Å². The molecule has 0 heterocycles. The normalized spacial score (nSPS) is 10.5. The van der Waals surface area contributed by atoms with Crippen LogP contribution in [0.1, 0.15) is 21.5 Å². The molecule has 104 valence electrons. The van der Waals surface area contributed by atoms with Crippen molar-refractivity contribution < 1.29 is 9.18 Å². The van der Waals surface area contributed by atoms with Gasteiger partial charge in [0.15, 0.2) is 0 Å². The number of halogens is 1. The summed E-state index contributed by atoms with van der Waals surface area (Å²) in [4.78, 5) is 11.9. The van der Waals surface area contributed by atoms with E-state index >= 15 is 0 Å². The van der Waals surface area contributed by atoms with Crippen LogP contribution in [-0.2, 0) is 5.75 Å². The van der Waals surface area contributed by atoms with Gasteiger partial charge in [0.05, 0.1) is 0 Å². The highest BCUT2D eigenvalue weighted by Gasteiger charge is 2.06. The fourth-order valence-corrected chi connectivity index (χ4v) is 2.90. The van der Waals surface area contributed by atoms with Gasteiger partial charge in [-0.15, -0.1) is 11.8 Å². The van der Waals surface area contributed by atoms with Gasteiger partial charge in [0.1, 0.15) is 5.82 Å². The minimum atomic E-state index is -0.440.